The lowest BCUT2D eigenvalue weighted by Gasteiger charge is -2.13. The molecule has 75 valence electrons. The highest BCUT2D eigenvalue weighted by Crippen LogP contribution is 2.44. The van der Waals surface area contributed by atoms with E-state index in [0.717, 1.165) is 17.4 Å². The maximum absolute atomic E-state index is 9.10. The number of halogens is 1. The second-order valence-corrected chi connectivity index (χ2v) is 4.71. The minimum atomic E-state index is 0.132. The average Bonchev–Trinajstić information content (AvgIpc) is 3.01. The third-order valence-corrected chi connectivity index (χ3v) is 3.63. The number of benzene rings is 1. The van der Waals surface area contributed by atoms with Crippen molar-refractivity contribution >= 4 is 15.9 Å². The predicted octanol–water partition coefficient (Wildman–Crippen LogP) is 3.26. The molecule has 0 saturated heterocycles. The summed E-state index contributed by atoms with van der Waals surface area (Å²) in [6.45, 7) is 2.10. The molecule has 1 N–H and O–H groups in total. The molecule has 2 heteroatoms. The Labute approximate surface area is 93.3 Å². The molecule has 1 aliphatic rings. The molecule has 14 heavy (non-hydrogen) atoms. The van der Waals surface area contributed by atoms with E-state index in [-0.39, 0.29) is 6.61 Å². The summed E-state index contributed by atoms with van der Waals surface area (Å²) < 4.78 is 1.18. The molecule has 1 fully saturated rings. The fourth-order valence-electron chi connectivity index (χ4n) is 1.67. The molecule has 1 radical (unpaired) electrons. The minimum absolute atomic E-state index is 0.132. The van der Waals surface area contributed by atoms with Crippen LogP contribution in [0.1, 0.15) is 36.8 Å². The summed E-state index contributed by atoms with van der Waals surface area (Å²) in [6.07, 6.45) is 2.61. The third kappa shape index (κ3) is 1.86. The molecule has 0 heterocycles. The van der Waals surface area contributed by atoms with E-state index in [4.69, 9.17) is 5.11 Å². The van der Waals surface area contributed by atoms with Gasteiger partial charge in [-0.25, -0.2) is 0 Å². The Bertz CT molecular complexity index is 331. The standard InChI is InChI=1S/C12H14BrO/c1-8(7-14)10-3-2-4-11(12(10)13)9-5-6-9/h2-4,9,14H,5-7H2,1H3. The van der Waals surface area contributed by atoms with Gasteiger partial charge in [-0.15, -0.1) is 0 Å². The van der Waals surface area contributed by atoms with Gasteiger partial charge in [0.15, 0.2) is 0 Å². The summed E-state index contributed by atoms with van der Waals surface area (Å²) >= 11 is 3.63. The van der Waals surface area contributed by atoms with Crippen LogP contribution in [0.2, 0.25) is 0 Å². The van der Waals surface area contributed by atoms with Crippen molar-refractivity contribution in [1.29, 1.82) is 0 Å². The molecule has 0 spiro atoms. The van der Waals surface area contributed by atoms with E-state index in [1.54, 1.807) is 0 Å². The molecular weight excluding hydrogens is 240 g/mol. The Morgan fingerprint density at radius 1 is 1.50 bits per heavy atom. The zero-order valence-corrected chi connectivity index (χ0v) is 9.84. The number of aliphatic hydroxyl groups excluding tert-OH is 1. The molecule has 0 atom stereocenters. The van der Waals surface area contributed by atoms with Crippen molar-refractivity contribution in [2.24, 2.45) is 0 Å². The lowest BCUT2D eigenvalue weighted by Crippen LogP contribution is -2.02. The molecule has 1 aliphatic carbocycles. The molecule has 1 nitrogen and oxygen atoms in total. The lowest BCUT2D eigenvalue weighted by atomic mass is 9.98. The number of rotatable bonds is 3. The van der Waals surface area contributed by atoms with Crippen LogP contribution in [0, 0.1) is 5.92 Å². The number of hydrogen-bond acceptors (Lipinski definition) is 1. The average molecular weight is 254 g/mol. The topological polar surface area (TPSA) is 20.2 Å². The molecule has 0 aliphatic heterocycles. The zero-order valence-electron chi connectivity index (χ0n) is 8.26. The Morgan fingerprint density at radius 3 is 2.79 bits per heavy atom. The second kappa shape index (κ2) is 4.03. The summed E-state index contributed by atoms with van der Waals surface area (Å²) in [7, 11) is 0. The van der Waals surface area contributed by atoms with E-state index < -0.39 is 0 Å². The molecule has 0 unspecified atom stereocenters. The highest BCUT2D eigenvalue weighted by Gasteiger charge is 2.26. The van der Waals surface area contributed by atoms with Gasteiger partial charge in [-0.1, -0.05) is 41.1 Å². The van der Waals surface area contributed by atoms with E-state index in [1.165, 1.54) is 22.9 Å². The van der Waals surface area contributed by atoms with E-state index in [1.807, 2.05) is 6.92 Å². The third-order valence-electron chi connectivity index (χ3n) is 2.74. The van der Waals surface area contributed by atoms with Gasteiger partial charge in [-0.05, 0) is 29.9 Å². The van der Waals surface area contributed by atoms with Crippen molar-refractivity contribution in [2.45, 2.75) is 25.7 Å². The quantitative estimate of drug-likeness (QED) is 0.877. The maximum Gasteiger partial charge on any atom is 0.0535 e. The van der Waals surface area contributed by atoms with Gasteiger partial charge >= 0.3 is 0 Å². The summed E-state index contributed by atoms with van der Waals surface area (Å²) in [5.41, 5.74) is 2.55. The summed E-state index contributed by atoms with van der Waals surface area (Å²) in [6, 6.07) is 6.31. The Hall–Kier alpha value is -0.340. The number of aliphatic hydroxyl groups is 1. The van der Waals surface area contributed by atoms with Gasteiger partial charge in [0.1, 0.15) is 0 Å². The van der Waals surface area contributed by atoms with Gasteiger partial charge in [0.2, 0.25) is 0 Å². The van der Waals surface area contributed by atoms with Crippen LogP contribution in [0.5, 0.6) is 0 Å². The molecule has 0 bridgehead atoms. The Balaban J connectivity index is 2.35. The van der Waals surface area contributed by atoms with E-state index >= 15 is 0 Å². The summed E-state index contributed by atoms with van der Waals surface area (Å²) in [5.74, 6) is 1.77. The largest absolute Gasteiger partial charge is 0.395 e. The van der Waals surface area contributed by atoms with Crippen LogP contribution in [0.25, 0.3) is 0 Å². The molecule has 1 aromatic rings. The van der Waals surface area contributed by atoms with Gasteiger partial charge in [-0.2, -0.15) is 0 Å². The van der Waals surface area contributed by atoms with Crippen molar-refractivity contribution in [1.82, 2.24) is 0 Å². The maximum atomic E-state index is 9.10. The molecule has 1 saturated carbocycles. The monoisotopic (exact) mass is 253 g/mol. The predicted molar refractivity (Wildman–Crippen MR) is 61.2 cm³/mol. The minimum Gasteiger partial charge on any atom is -0.395 e. The van der Waals surface area contributed by atoms with Gasteiger partial charge in [-0.3, -0.25) is 0 Å². The van der Waals surface area contributed by atoms with Crippen LogP contribution in [0.3, 0.4) is 0 Å². The van der Waals surface area contributed by atoms with Crippen LogP contribution < -0.4 is 0 Å². The van der Waals surface area contributed by atoms with Crippen molar-refractivity contribution in [3.63, 3.8) is 0 Å². The van der Waals surface area contributed by atoms with Gasteiger partial charge < -0.3 is 5.11 Å². The van der Waals surface area contributed by atoms with E-state index in [2.05, 4.69) is 34.1 Å². The second-order valence-electron chi connectivity index (χ2n) is 3.92. The van der Waals surface area contributed by atoms with E-state index in [0.29, 0.717) is 0 Å². The highest BCUT2D eigenvalue weighted by molar-refractivity contribution is 9.10. The normalized spacial score (nSPS) is 16.3. The van der Waals surface area contributed by atoms with Gasteiger partial charge in [0.05, 0.1) is 6.61 Å². The molecular formula is C12H14BrO. The smallest absolute Gasteiger partial charge is 0.0535 e. The van der Waals surface area contributed by atoms with Crippen molar-refractivity contribution in [3.05, 3.63) is 39.7 Å². The lowest BCUT2D eigenvalue weighted by molar-refractivity contribution is 0.314. The molecule has 0 aromatic heterocycles. The summed E-state index contributed by atoms with van der Waals surface area (Å²) in [4.78, 5) is 0. The Kier molecular flexibility index (Phi) is 2.93. The first-order valence-electron chi connectivity index (χ1n) is 4.96. The Morgan fingerprint density at radius 2 is 2.21 bits per heavy atom. The first-order chi connectivity index (χ1) is 6.74. The fraction of sp³-hybridized carbons (Fsp3) is 0.417. The molecule has 2 rings (SSSR count). The first-order valence-corrected chi connectivity index (χ1v) is 5.75. The highest BCUT2D eigenvalue weighted by atomic mass is 79.9. The van der Waals surface area contributed by atoms with Crippen LogP contribution in [-0.2, 0) is 0 Å². The molecule has 0 amide bonds. The zero-order chi connectivity index (χ0) is 10.1. The van der Waals surface area contributed by atoms with Crippen molar-refractivity contribution < 1.29 is 5.11 Å². The van der Waals surface area contributed by atoms with Crippen LogP contribution in [0.15, 0.2) is 22.7 Å². The van der Waals surface area contributed by atoms with Crippen molar-refractivity contribution in [2.75, 3.05) is 6.61 Å². The SMILES string of the molecule is C[C](CO)c1cccc(C2CC2)c1Br. The van der Waals surface area contributed by atoms with Gasteiger partial charge in [0.25, 0.3) is 0 Å². The first kappa shape index (κ1) is 10.2. The molecule has 1 aromatic carbocycles. The van der Waals surface area contributed by atoms with Crippen LogP contribution >= 0.6 is 15.9 Å². The summed E-state index contributed by atoms with van der Waals surface area (Å²) in [5, 5.41) is 9.10. The van der Waals surface area contributed by atoms with Crippen LogP contribution in [0.4, 0.5) is 0 Å². The fourth-order valence-corrected chi connectivity index (χ4v) is 2.60. The van der Waals surface area contributed by atoms with Crippen LogP contribution in [-0.4, -0.2) is 11.7 Å². The van der Waals surface area contributed by atoms with Gasteiger partial charge in [0, 0.05) is 10.4 Å². The van der Waals surface area contributed by atoms with E-state index in [9.17, 15) is 0 Å². The van der Waals surface area contributed by atoms with Crippen molar-refractivity contribution in [3.8, 4) is 0 Å². The number of hydrogen-bond donors (Lipinski definition) is 1.